The first-order valence-corrected chi connectivity index (χ1v) is 11.5. The Labute approximate surface area is 195 Å². The molecule has 1 unspecified atom stereocenters. The maximum Gasteiger partial charge on any atom is 0.349 e. The Bertz CT molecular complexity index is 817. The van der Waals surface area contributed by atoms with E-state index in [2.05, 4.69) is 47.3 Å². The maximum absolute atomic E-state index is 12.3. The Kier molecular flexibility index (Phi) is 11.0. The van der Waals surface area contributed by atoms with Crippen molar-refractivity contribution in [2.24, 2.45) is 0 Å². The minimum atomic E-state index is -1.47. The van der Waals surface area contributed by atoms with E-state index < -0.39 is 26.0 Å². The summed E-state index contributed by atoms with van der Waals surface area (Å²) < 4.78 is 41.3. The summed E-state index contributed by atoms with van der Waals surface area (Å²) in [6.07, 6.45) is 0.933. The molecule has 0 amide bonds. The van der Waals surface area contributed by atoms with Gasteiger partial charge in [0.15, 0.2) is 6.23 Å². The van der Waals surface area contributed by atoms with Crippen LogP contribution in [-0.2, 0) is 18.5 Å². The number of aromatic nitrogens is 2. The van der Waals surface area contributed by atoms with Crippen molar-refractivity contribution in [3.8, 4) is 0 Å². The highest BCUT2D eigenvalue weighted by Crippen LogP contribution is 2.47. The Morgan fingerprint density at radius 2 is 2.22 bits per heavy atom. The van der Waals surface area contributed by atoms with E-state index >= 15 is 0 Å². The molecule has 0 radical (unpaired) electrons. The van der Waals surface area contributed by atoms with Gasteiger partial charge in [0.25, 0.3) is 8.53 Å². The van der Waals surface area contributed by atoms with Crippen LogP contribution >= 0.6 is 8.53 Å². The van der Waals surface area contributed by atoms with Crippen LogP contribution in [0.15, 0.2) is 17.1 Å². The number of hydrogen-bond donors (Lipinski definition) is 1. The van der Waals surface area contributed by atoms with E-state index in [4.69, 9.17) is 27.9 Å². The summed E-state index contributed by atoms with van der Waals surface area (Å²) in [4.78, 5) is 19.6. The SMILES string of the molecule is [2H]C[C@@]1(COP(OCC[N+]#[C-])N(C(C)C)C(C)C)COC[C@H](n2ccc(C)nc2=O)O1.[3H]OC. The van der Waals surface area contributed by atoms with E-state index in [0.717, 1.165) is 0 Å². The van der Waals surface area contributed by atoms with Gasteiger partial charge in [0, 0.05) is 32.5 Å². The molecule has 1 fully saturated rings. The van der Waals surface area contributed by atoms with E-state index in [1.165, 1.54) is 11.7 Å². The molecule has 0 spiro atoms. The predicted octanol–water partition coefficient (Wildman–Crippen LogP) is 2.76. The standard InChI is InChI=1S/C20H33N4O5P.CH4O/c1-15(2)24(16(3)4)30(27-11-9-21-7)28-14-20(6)13-26-12-18(29-20)23-10-8-17(5)22-19(23)25;1-2/h8,10,15-16,18H,9,11-14H2,1-6H3;2H,1H3/t18-,20+,30?;/m1./s1/i6D;2T. The molecule has 0 aromatic carbocycles. The van der Waals surface area contributed by atoms with Crippen LogP contribution < -0.4 is 5.69 Å². The number of rotatable bonds is 10. The van der Waals surface area contributed by atoms with Gasteiger partial charge in [-0.15, -0.1) is 0 Å². The van der Waals surface area contributed by atoms with Gasteiger partial charge >= 0.3 is 5.69 Å². The molecule has 1 aliphatic heterocycles. The summed E-state index contributed by atoms with van der Waals surface area (Å²) in [6.45, 7) is 17.8. The van der Waals surface area contributed by atoms with Crippen LogP contribution in [-0.4, -0.2) is 78.5 Å². The van der Waals surface area contributed by atoms with Gasteiger partial charge in [-0.05, 0) is 47.6 Å². The lowest BCUT2D eigenvalue weighted by atomic mass is 10.1. The van der Waals surface area contributed by atoms with Gasteiger partial charge in [0.1, 0.15) is 12.2 Å². The summed E-state index contributed by atoms with van der Waals surface area (Å²) in [7, 11) is -0.174. The molecule has 2 heterocycles. The summed E-state index contributed by atoms with van der Waals surface area (Å²) in [6, 6.07) is 2.06. The molecular weight excluding hydrogens is 435 g/mol. The molecule has 2 rings (SSSR count). The second kappa shape index (κ2) is 14.0. The fourth-order valence-corrected chi connectivity index (χ4v) is 4.79. The molecule has 1 saturated heterocycles. The second-order valence-electron chi connectivity index (χ2n) is 7.82. The minimum absolute atomic E-state index is 0.0701. The normalized spacial score (nSPS) is 22.7. The van der Waals surface area contributed by atoms with E-state index in [9.17, 15) is 4.79 Å². The Morgan fingerprint density at radius 3 is 2.78 bits per heavy atom. The van der Waals surface area contributed by atoms with Crippen molar-refractivity contribution in [3.05, 3.63) is 39.9 Å². The Morgan fingerprint density at radius 1 is 1.53 bits per heavy atom. The van der Waals surface area contributed by atoms with Crippen molar-refractivity contribution in [2.75, 3.05) is 40.1 Å². The third kappa shape index (κ3) is 8.49. The van der Waals surface area contributed by atoms with E-state index in [1.54, 1.807) is 19.2 Å². The van der Waals surface area contributed by atoms with Crippen LogP contribution in [0.2, 0.25) is 0 Å². The lowest BCUT2D eigenvalue weighted by Gasteiger charge is -2.41. The fraction of sp³-hybridized carbons (Fsp3) is 0.762. The zero-order valence-electron chi connectivity index (χ0n) is 21.8. The number of hydrogen-bond acceptors (Lipinski definition) is 8. The van der Waals surface area contributed by atoms with Gasteiger partial charge in [-0.2, -0.15) is 4.98 Å². The van der Waals surface area contributed by atoms with Crippen molar-refractivity contribution in [2.45, 2.75) is 65.4 Å². The quantitative estimate of drug-likeness (QED) is 0.313. The van der Waals surface area contributed by atoms with E-state index in [-0.39, 0.29) is 52.0 Å². The van der Waals surface area contributed by atoms with E-state index in [1.807, 2.05) is 0 Å². The maximum atomic E-state index is 12.3. The molecule has 1 aromatic heterocycles. The molecule has 1 N–H and O–H groups in total. The van der Waals surface area contributed by atoms with Crippen molar-refractivity contribution >= 4 is 8.53 Å². The van der Waals surface area contributed by atoms with Crippen LogP contribution in [0, 0.1) is 13.5 Å². The first-order chi connectivity index (χ1) is 16.1. The number of aryl methyl sites for hydroxylation is 1. The van der Waals surface area contributed by atoms with Gasteiger partial charge in [-0.25, -0.2) is 16.0 Å². The first kappa shape index (κ1) is 25.2. The highest BCUT2D eigenvalue weighted by Gasteiger charge is 2.38. The topological polar surface area (TPSA) is 99.6 Å². The predicted molar refractivity (Wildman–Crippen MR) is 123 cm³/mol. The third-order valence-corrected chi connectivity index (χ3v) is 6.43. The fourth-order valence-electron chi connectivity index (χ4n) is 3.11. The number of aliphatic hydroxyl groups is 1. The molecule has 1 aliphatic rings. The van der Waals surface area contributed by atoms with Gasteiger partial charge in [-0.1, -0.05) is 0 Å². The van der Waals surface area contributed by atoms with Gasteiger partial charge in [0.05, 0.1) is 19.8 Å². The number of nitrogens with zero attached hydrogens (tertiary/aromatic N) is 4. The molecule has 32 heavy (non-hydrogen) atoms. The zero-order chi connectivity index (χ0) is 25.7. The first-order valence-electron chi connectivity index (χ1n) is 11.5. The molecule has 10 nitrogen and oxygen atoms in total. The summed E-state index contributed by atoms with van der Waals surface area (Å²) in [5.41, 5.74) is -0.847. The number of ether oxygens (including phenoxy) is 2. The molecule has 11 heteroatoms. The molecule has 0 saturated carbocycles. The largest absolute Gasteiger partial charge is 0.400 e. The molecule has 0 bridgehead atoms. The molecule has 3 atom stereocenters. The smallest absolute Gasteiger partial charge is 0.349 e. The summed E-state index contributed by atoms with van der Waals surface area (Å²) >= 11 is 0. The molecular formula is C21H37N4O6P. The van der Waals surface area contributed by atoms with Gasteiger partial charge in [0.2, 0.25) is 7.98 Å². The van der Waals surface area contributed by atoms with Gasteiger partial charge < -0.3 is 28.5 Å². The minimum Gasteiger partial charge on any atom is -0.400 e. The highest BCUT2D eigenvalue weighted by atomic mass is 31.2. The van der Waals surface area contributed by atoms with Crippen molar-refractivity contribution in [1.29, 1.82) is 1.43 Å². The second-order valence-corrected chi connectivity index (χ2v) is 9.28. The highest BCUT2D eigenvalue weighted by molar-refractivity contribution is 7.44. The zero-order valence-corrected chi connectivity index (χ0v) is 20.7. The van der Waals surface area contributed by atoms with Crippen LogP contribution in [0.1, 0.15) is 47.9 Å². The van der Waals surface area contributed by atoms with E-state index in [0.29, 0.717) is 5.69 Å². The van der Waals surface area contributed by atoms with Crippen LogP contribution in [0.4, 0.5) is 0 Å². The van der Waals surface area contributed by atoms with Crippen molar-refractivity contribution < 1.29 is 25.0 Å². The Hall–Kier alpha value is -1.44. The summed E-state index contributed by atoms with van der Waals surface area (Å²) in [5.74, 6) is 0. The average molecular weight is 476 g/mol. The molecule has 1 aromatic rings. The van der Waals surface area contributed by atoms with Crippen LogP contribution in [0.5, 0.6) is 0 Å². The van der Waals surface area contributed by atoms with Crippen molar-refractivity contribution in [1.82, 2.24) is 14.2 Å². The lowest BCUT2D eigenvalue weighted by Crippen LogP contribution is -2.48. The van der Waals surface area contributed by atoms with Gasteiger partial charge in [-0.3, -0.25) is 4.57 Å². The molecule has 0 aliphatic carbocycles. The lowest BCUT2D eigenvalue weighted by molar-refractivity contribution is -0.227. The van der Waals surface area contributed by atoms with Crippen LogP contribution in [0.25, 0.3) is 4.85 Å². The summed E-state index contributed by atoms with van der Waals surface area (Å²) in [5, 5.41) is 3.50. The third-order valence-electron chi connectivity index (χ3n) is 4.38. The van der Waals surface area contributed by atoms with Crippen molar-refractivity contribution in [3.63, 3.8) is 0 Å². The number of aliphatic hydroxyl groups excluding tert-OH is 1. The van der Waals surface area contributed by atoms with Crippen LogP contribution in [0.3, 0.4) is 0 Å². The molecule has 182 valence electrons. The monoisotopic (exact) mass is 475 g/mol. The average Bonchev–Trinajstić information content (AvgIpc) is 2.77. The Balaban J connectivity index is 0.00000182.